The van der Waals surface area contributed by atoms with E-state index in [0.29, 0.717) is 39.6 Å². The largest absolute Gasteiger partial charge is 0.497 e. The van der Waals surface area contributed by atoms with Gasteiger partial charge in [0.25, 0.3) is 5.91 Å². The van der Waals surface area contributed by atoms with E-state index in [2.05, 4.69) is 25.8 Å². The summed E-state index contributed by atoms with van der Waals surface area (Å²) in [6.07, 6.45) is 3.30. The van der Waals surface area contributed by atoms with E-state index in [1.807, 2.05) is 17.6 Å². The summed E-state index contributed by atoms with van der Waals surface area (Å²) in [6, 6.07) is 8.66. The number of benzene rings is 1. The third kappa shape index (κ3) is 5.51. The quantitative estimate of drug-likeness (QED) is 0.394. The minimum absolute atomic E-state index is 0.205. The van der Waals surface area contributed by atoms with Gasteiger partial charge >= 0.3 is 0 Å². The average molecular weight is 478 g/mol. The van der Waals surface area contributed by atoms with Crippen LogP contribution >= 0.6 is 23.4 Å². The predicted octanol–water partition coefficient (Wildman–Crippen LogP) is 3.98. The van der Waals surface area contributed by atoms with Crippen LogP contribution in [0, 0.1) is 0 Å². The molecule has 0 aliphatic carbocycles. The number of rotatable bonds is 9. The molecule has 0 aliphatic rings. The van der Waals surface area contributed by atoms with E-state index >= 15 is 0 Å². The molecule has 0 aliphatic heterocycles. The van der Waals surface area contributed by atoms with Crippen LogP contribution < -0.4 is 25.4 Å². The van der Waals surface area contributed by atoms with Crippen LogP contribution in [-0.4, -0.2) is 48.5 Å². The van der Waals surface area contributed by atoms with Crippen LogP contribution in [0.2, 0.25) is 5.02 Å². The van der Waals surface area contributed by atoms with Gasteiger partial charge in [-0.05, 0) is 24.5 Å². The van der Waals surface area contributed by atoms with Crippen molar-refractivity contribution in [1.29, 1.82) is 0 Å². The van der Waals surface area contributed by atoms with Crippen LogP contribution in [0.4, 0.5) is 17.3 Å². The van der Waals surface area contributed by atoms with Crippen molar-refractivity contribution < 1.29 is 18.4 Å². The summed E-state index contributed by atoms with van der Waals surface area (Å²) >= 11 is 7.44. The van der Waals surface area contributed by atoms with E-state index in [1.54, 1.807) is 32.4 Å². The third-order valence-electron chi connectivity index (χ3n) is 4.37. The number of thioether (sulfide) groups is 1. The minimum atomic E-state index is -2.69. The van der Waals surface area contributed by atoms with Gasteiger partial charge in [0.15, 0.2) is 11.5 Å². The third-order valence-corrected chi connectivity index (χ3v) is 5.33. The monoisotopic (exact) mass is 477 g/mol. The SMILES string of the molecule is [2H]C([2H])([2H])NC(=O)c1nnc(NCc2ccc(OC)cc2OC)cc1Nc1ncc(Cl)cc1SC. The molecule has 0 saturated heterocycles. The number of carbonyl (C=O) groups excluding carboxylic acids is 1. The Balaban J connectivity index is 1.93. The first-order valence-electron chi connectivity index (χ1n) is 10.7. The summed E-state index contributed by atoms with van der Waals surface area (Å²) in [4.78, 5) is 17.6. The summed E-state index contributed by atoms with van der Waals surface area (Å²) in [6.45, 7) is -2.36. The number of aromatic nitrogens is 3. The van der Waals surface area contributed by atoms with Crippen molar-refractivity contribution in [2.24, 2.45) is 0 Å². The van der Waals surface area contributed by atoms with E-state index in [4.69, 9.17) is 25.2 Å². The Morgan fingerprint density at radius 2 is 2.06 bits per heavy atom. The molecule has 0 spiro atoms. The number of anilines is 3. The number of carbonyl (C=O) groups is 1. The van der Waals surface area contributed by atoms with Gasteiger partial charge in [0.1, 0.15) is 17.3 Å². The van der Waals surface area contributed by atoms with Crippen molar-refractivity contribution in [2.45, 2.75) is 11.4 Å². The number of pyridine rings is 1. The van der Waals surface area contributed by atoms with Gasteiger partial charge in [0.2, 0.25) is 0 Å². The maximum atomic E-state index is 12.6. The van der Waals surface area contributed by atoms with Crippen molar-refractivity contribution in [3.63, 3.8) is 0 Å². The van der Waals surface area contributed by atoms with Crippen LogP contribution in [0.3, 0.4) is 0 Å². The van der Waals surface area contributed by atoms with Gasteiger partial charge in [-0.3, -0.25) is 4.79 Å². The van der Waals surface area contributed by atoms with Gasteiger partial charge < -0.3 is 25.4 Å². The highest BCUT2D eigenvalue weighted by Gasteiger charge is 2.17. The molecule has 32 heavy (non-hydrogen) atoms. The molecule has 2 aromatic heterocycles. The van der Waals surface area contributed by atoms with Crippen molar-refractivity contribution in [1.82, 2.24) is 20.5 Å². The molecule has 3 N–H and O–H groups in total. The number of amides is 1. The summed E-state index contributed by atoms with van der Waals surface area (Å²) < 4.78 is 32.6. The lowest BCUT2D eigenvalue weighted by Crippen LogP contribution is -2.22. The molecule has 11 heteroatoms. The standard InChI is InChI=1S/C21H23ClN6O3S/c1-23-21(29)19-15(26-20-17(32-4)7-13(22)11-25-20)9-18(27-28-19)24-10-12-5-6-14(30-2)8-16(12)31-3/h5-9,11H,10H2,1-4H3,(H,23,29)(H2,24,25,26,27)/i1D3. The molecule has 0 atom stereocenters. The van der Waals surface area contributed by atoms with Crippen LogP contribution in [0.1, 0.15) is 20.2 Å². The van der Waals surface area contributed by atoms with Gasteiger partial charge in [-0.15, -0.1) is 22.0 Å². The fraction of sp³-hybridized carbons (Fsp3) is 0.238. The molecular formula is C21H23ClN6O3S. The van der Waals surface area contributed by atoms with Gasteiger partial charge in [-0.2, -0.15) is 0 Å². The number of methoxy groups -OCH3 is 2. The Labute approximate surface area is 199 Å². The Morgan fingerprint density at radius 1 is 1.22 bits per heavy atom. The minimum Gasteiger partial charge on any atom is -0.497 e. The number of halogens is 1. The number of hydrogen-bond donors (Lipinski definition) is 3. The van der Waals surface area contributed by atoms with E-state index in [0.717, 1.165) is 5.56 Å². The number of nitrogens with one attached hydrogen (secondary N) is 3. The molecule has 168 valence electrons. The highest BCUT2D eigenvalue weighted by Crippen LogP contribution is 2.30. The number of ether oxygens (including phenoxy) is 2. The zero-order chi connectivity index (χ0) is 25.6. The Morgan fingerprint density at radius 3 is 2.78 bits per heavy atom. The molecule has 2 heterocycles. The lowest BCUT2D eigenvalue weighted by molar-refractivity contribution is 0.0958. The van der Waals surface area contributed by atoms with E-state index in [9.17, 15) is 4.79 Å². The molecule has 9 nitrogen and oxygen atoms in total. The first kappa shape index (κ1) is 19.4. The maximum absolute atomic E-state index is 12.6. The first-order valence-corrected chi connectivity index (χ1v) is 10.9. The summed E-state index contributed by atoms with van der Waals surface area (Å²) in [7, 11) is 3.12. The van der Waals surface area contributed by atoms with Gasteiger partial charge in [-0.25, -0.2) is 4.98 Å². The molecule has 3 rings (SSSR count). The summed E-state index contributed by atoms with van der Waals surface area (Å²) in [5.74, 6) is 1.10. The second-order valence-electron chi connectivity index (χ2n) is 6.31. The van der Waals surface area contributed by atoms with E-state index in [1.165, 1.54) is 24.0 Å². The topological polar surface area (TPSA) is 110 Å². The van der Waals surface area contributed by atoms with Gasteiger partial charge in [0.05, 0.1) is 29.8 Å². The molecule has 1 amide bonds. The molecule has 0 fully saturated rings. The van der Waals surface area contributed by atoms with Crippen LogP contribution in [0.5, 0.6) is 11.5 Å². The highest BCUT2D eigenvalue weighted by molar-refractivity contribution is 7.98. The maximum Gasteiger partial charge on any atom is 0.273 e. The van der Waals surface area contributed by atoms with Crippen molar-refractivity contribution in [2.75, 3.05) is 38.1 Å². The van der Waals surface area contributed by atoms with Crippen molar-refractivity contribution in [3.05, 3.63) is 52.8 Å². The Bertz CT molecular complexity index is 1220. The summed E-state index contributed by atoms with van der Waals surface area (Å²) in [5, 5.41) is 16.5. The zero-order valence-corrected chi connectivity index (χ0v) is 19.1. The molecule has 0 bridgehead atoms. The van der Waals surface area contributed by atoms with Crippen LogP contribution in [0.15, 0.2) is 41.4 Å². The molecule has 0 unspecified atom stereocenters. The zero-order valence-electron chi connectivity index (χ0n) is 20.5. The molecule has 0 radical (unpaired) electrons. The second kappa shape index (κ2) is 10.9. The Hall–Kier alpha value is -3.24. The van der Waals surface area contributed by atoms with Gasteiger partial charge in [-0.1, -0.05) is 11.6 Å². The molecule has 0 saturated carbocycles. The lowest BCUT2D eigenvalue weighted by atomic mass is 10.2. The van der Waals surface area contributed by atoms with Crippen LogP contribution in [-0.2, 0) is 6.54 Å². The van der Waals surface area contributed by atoms with Crippen molar-refractivity contribution in [3.8, 4) is 11.5 Å². The average Bonchev–Trinajstić information content (AvgIpc) is 2.82. The normalized spacial score (nSPS) is 12.2. The number of hydrogen-bond acceptors (Lipinski definition) is 9. The van der Waals surface area contributed by atoms with Crippen LogP contribution in [0.25, 0.3) is 0 Å². The Kier molecular flexibility index (Phi) is 6.61. The molecule has 3 aromatic rings. The first-order chi connectivity index (χ1) is 16.6. The fourth-order valence-corrected chi connectivity index (χ4v) is 3.55. The van der Waals surface area contributed by atoms with Crippen molar-refractivity contribution >= 4 is 46.6 Å². The smallest absolute Gasteiger partial charge is 0.273 e. The number of nitrogens with zero attached hydrogens (tertiary/aromatic N) is 3. The second-order valence-corrected chi connectivity index (χ2v) is 7.59. The summed E-state index contributed by atoms with van der Waals surface area (Å²) in [5.41, 5.74) is 0.825. The molecule has 1 aromatic carbocycles. The fourth-order valence-electron chi connectivity index (χ4n) is 2.78. The van der Waals surface area contributed by atoms with E-state index in [-0.39, 0.29) is 11.4 Å². The van der Waals surface area contributed by atoms with E-state index < -0.39 is 12.9 Å². The lowest BCUT2D eigenvalue weighted by Gasteiger charge is -2.15. The molecular weight excluding hydrogens is 452 g/mol. The predicted molar refractivity (Wildman–Crippen MR) is 127 cm³/mol. The highest BCUT2D eigenvalue weighted by atomic mass is 35.5. The van der Waals surface area contributed by atoms with Gasteiger partial charge in [0, 0.05) is 41.5 Å².